The van der Waals surface area contributed by atoms with Crippen LogP contribution in [0.1, 0.15) is 1.43 Å². The van der Waals surface area contributed by atoms with Crippen LogP contribution in [0.25, 0.3) is 0 Å². The molecule has 0 aliphatic carbocycles. The normalized spacial score (nSPS) is 16.5. The molecule has 0 saturated heterocycles. The summed E-state index contributed by atoms with van der Waals surface area (Å²) in [6.45, 7) is 0. The van der Waals surface area contributed by atoms with E-state index >= 15 is 0 Å². The van der Waals surface area contributed by atoms with E-state index in [1.165, 1.54) is 0 Å². The number of carbonyl (C=O) groups is 1. The monoisotopic (exact) mass is 272 g/mol. The predicted octanol–water partition coefficient (Wildman–Crippen LogP) is -0.637. The van der Waals surface area contributed by atoms with Gasteiger partial charge in [0, 0.05) is 0 Å². The minimum Gasteiger partial charge on any atom is -1.00 e. The zero-order valence-electron chi connectivity index (χ0n) is 7.84. The third-order valence-corrected chi connectivity index (χ3v) is 0.874. The number of halogens is 8. The molecule has 0 rings (SSSR count). The van der Waals surface area contributed by atoms with Crippen molar-refractivity contribution in [3.63, 3.8) is 0 Å². The maximum atomic E-state index is 12.1. The minimum absolute atomic E-state index is 0. The van der Waals surface area contributed by atoms with E-state index in [0.717, 1.165) is 0 Å². The van der Waals surface area contributed by atoms with Gasteiger partial charge in [-0.3, -0.25) is 4.79 Å². The fourth-order valence-electron chi connectivity index (χ4n) is 0.369. The summed E-state index contributed by atoms with van der Waals surface area (Å²) in [5.74, 6) is -6.01. The van der Waals surface area contributed by atoms with Crippen LogP contribution in [0.3, 0.4) is 0 Å². The molecular weight excluding hydrogens is 271 g/mol. The molecule has 0 aliphatic rings. The molecule has 0 aromatic carbocycles. The van der Waals surface area contributed by atoms with Crippen molar-refractivity contribution >= 4 is 6.04 Å². The minimum atomic E-state index is -6.45. The molecule has 11 heteroatoms. The summed E-state index contributed by atoms with van der Waals surface area (Å²) in [6.07, 6.45) is -12.6. The third kappa shape index (κ3) is 5.04. The summed E-state index contributed by atoms with van der Waals surface area (Å²) in [5.41, 5.74) is 0. The van der Waals surface area contributed by atoms with Crippen molar-refractivity contribution in [3.05, 3.63) is 0 Å². The molecular formula is C4HF8KO2. The number of alkyl halides is 7. The van der Waals surface area contributed by atoms with Gasteiger partial charge in [0.25, 0.3) is 0 Å². The van der Waals surface area contributed by atoms with Crippen LogP contribution in [0, 0.1) is 0 Å². The number of hydrogen-bond acceptors (Lipinski definition) is 2. The molecule has 0 spiro atoms. The second-order valence-electron chi connectivity index (χ2n) is 1.91. The molecule has 1 atom stereocenters. The molecule has 1 unspecified atom stereocenters. The van der Waals surface area contributed by atoms with E-state index in [0.29, 0.717) is 0 Å². The van der Waals surface area contributed by atoms with Crippen LogP contribution in [-0.4, -0.2) is 24.4 Å². The third-order valence-electron chi connectivity index (χ3n) is 0.874. The van der Waals surface area contributed by atoms with Gasteiger partial charge >= 0.3 is 75.8 Å². The molecule has 0 bridgehead atoms. The Hall–Kier alpha value is 0.706. The van der Waals surface area contributed by atoms with Gasteiger partial charge in [-0.1, -0.05) is 0 Å². The summed E-state index contributed by atoms with van der Waals surface area (Å²) in [7, 11) is 0. The number of rotatable bonds is 2. The first-order valence-electron chi connectivity index (χ1n) is 2.62. The van der Waals surface area contributed by atoms with E-state index in [9.17, 15) is 39.9 Å². The van der Waals surface area contributed by atoms with Crippen molar-refractivity contribution in [1.82, 2.24) is 0 Å². The van der Waals surface area contributed by atoms with E-state index in [-0.39, 0.29) is 52.8 Å². The summed E-state index contributed by atoms with van der Waals surface area (Å²) < 4.78 is 93.0. The SMILES string of the molecule is O=C(F)C(F)(OC(F)(F)F)C(F)(F)F.[H-].[K+]. The van der Waals surface area contributed by atoms with E-state index in [4.69, 9.17) is 0 Å². The molecule has 0 aromatic heterocycles. The first kappa shape index (κ1) is 18.1. The second-order valence-corrected chi connectivity index (χ2v) is 1.91. The summed E-state index contributed by atoms with van der Waals surface area (Å²) >= 11 is 0. The average molecular weight is 272 g/mol. The van der Waals surface area contributed by atoms with Gasteiger partial charge in [0.1, 0.15) is 0 Å². The molecule has 0 aromatic rings. The maximum Gasteiger partial charge on any atom is 1.00 e. The molecule has 0 saturated carbocycles. The maximum absolute atomic E-state index is 12.1. The molecule has 0 N–H and O–H groups in total. The van der Waals surface area contributed by atoms with Crippen LogP contribution in [0.15, 0.2) is 0 Å². The molecule has 86 valence electrons. The Morgan fingerprint density at radius 2 is 1.33 bits per heavy atom. The molecule has 0 heterocycles. The quantitative estimate of drug-likeness (QED) is 0.380. The van der Waals surface area contributed by atoms with Gasteiger partial charge in [0.15, 0.2) is 0 Å². The van der Waals surface area contributed by atoms with Gasteiger partial charge < -0.3 is 1.43 Å². The van der Waals surface area contributed by atoms with Crippen molar-refractivity contribution in [2.75, 3.05) is 0 Å². The van der Waals surface area contributed by atoms with Crippen molar-refractivity contribution in [3.8, 4) is 0 Å². The second kappa shape index (κ2) is 5.36. The Bertz CT molecular complexity index is 239. The zero-order valence-corrected chi connectivity index (χ0v) is 9.96. The predicted molar refractivity (Wildman–Crippen MR) is 24.3 cm³/mol. The van der Waals surface area contributed by atoms with Crippen molar-refractivity contribution in [2.24, 2.45) is 0 Å². The van der Waals surface area contributed by atoms with E-state index in [1.807, 2.05) is 0 Å². The smallest absolute Gasteiger partial charge is 1.00 e. The van der Waals surface area contributed by atoms with Crippen molar-refractivity contribution in [1.29, 1.82) is 0 Å². The number of carbonyl (C=O) groups excluding carboxylic acids is 1. The van der Waals surface area contributed by atoms with Crippen molar-refractivity contribution < 1.29 is 97.5 Å². The van der Waals surface area contributed by atoms with Crippen LogP contribution in [0.5, 0.6) is 0 Å². The first-order valence-corrected chi connectivity index (χ1v) is 2.62. The molecule has 2 nitrogen and oxygen atoms in total. The van der Waals surface area contributed by atoms with Gasteiger partial charge in [-0.25, -0.2) is 4.74 Å². The zero-order chi connectivity index (χ0) is 11.8. The van der Waals surface area contributed by atoms with E-state index in [2.05, 4.69) is 0 Å². The van der Waals surface area contributed by atoms with Crippen LogP contribution >= 0.6 is 0 Å². The van der Waals surface area contributed by atoms with E-state index < -0.39 is 24.4 Å². The summed E-state index contributed by atoms with van der Waals surface area (Å²) in [6, 6.07) is -3.93. The van der Waals surface area contributed by atoms with Gasteiger partial charge in [-0.05, 0) is 0 Å². The first-order chi connectivity index (χ1) is 5.90. The van der Waals surface area contributed by atoms with Gasteiger partial charge in [-0.2, -0.15) is 22.0 Å². The summed E-state index contributed by atoms with van der Waals surface area (Å²) in [4.78, 5) is 9.40. The Labute approximate surface area is 121 Å². The number of hydrogen-bond donors (Lipinski definition) is 0. The van der Waals surface area contributed by atoms with Gasteiger partial charge in [0.05, 0.1) is 0 Å². The van der Waals surface area contributed by atoms with Crippen LogP contribution in [-0.2, 0) is 9.53 Å². The summed E-state index contributed by atoms with van der Waals surface area (Å²) in [5, 5.41) is 0. The van der Waals surface area contributed by atoms with Crippen LogP contribution in [0.2, 0.25) is 0 Å². The Morgan fingerprint density at radius 1 is 1.00 bits per heavy atom. The fourth-order valence-corrected chi connectivity index (χ4v) is 0.369. The molecule has 0 radical (unpaired) electrons. The topological polar surface area (TPSA) is 26.3 Å². The van der Waals surface area contributed by atoms with Crippen molar-refractivity contribution in [2.45, 2.75) is 18.4 Å². The van der Waals surface area contributed by atoms with Crippen LogP contribution < -0.4 is 51.4 Å². The number of ether oxygens (including phenoxy) is 1. The molecule has 0 aliphatic heterocycles. The molecule has 15 heavy (non-hydrogen) atoms. The largest absolute Gasteiger partial charge is 1.00 e. The fraction of sp³-hybridized carbons (Fsp3) is 0.750. The van der Waals surface area contributed by atoms with E-state index in [1.54, 1.807) is 4.74 Å². The van der Waals surface area contributed by atoms with Gasteiger partial charge in [-0.15, -0.1) is 13.2 Å². The Balaban J connectivity index is -0.000000845. The Morgan fingerprint density at radius 3 is 1.40 bits per heavy atom. The van der Waals surface area contributed by atoms with Crippen LogP contribution in [0.4, 0.5) is 35.1 Å². The van der Waals surface area contributed by atoms with Gasteiger partial charge in [0.2, 0.25) is 0 Å². The molecule has 0 amide bonds. The average Bonchev–Trinajstić information content (AvgIpc) is 1.79. The standard InChI is InChI=1S/C4F8O2.K.H/c5-1(13)2(6,3(7,8)9)14-4(10,11)12;;/q;+1;-1. The molecule has 0 fully saturated rings. The Kier molecular flexibility index (Phi) is 6.46.